The van der Waals surface area contributed by atoms with E-state index >= 15 is 0 Å². The molecular formula is C9H10F3N3O3. The fourth-order valence-electron chi connectivity index (χ4n) is 1.32. The van der Waals surface area contributed by atoms with Gasteiger partial charge in [-0.05, 0) is 0 Å². The van der Waals surface area contributed by atoms with Crippen molar-refractivity contribution < 1.29 is 27.9 Å². The molecule has 0 aliphatic heterocycles. The second kappa shape index (κ2) is 5.07. The number of hydrogen-bond donors (Lipinski definition) is 1. The SMILES string of the molecule is Cn1cc(CN(CC(=O)O)C(=O)C(F)(F)F)cn1. The number of aliphatic carboxylic acids is 1. The molecule has 0 bridgehead atoms. The van der Waals surface area contributed by atoms with E-state index in [9.17, 15) is 22.8 Å². The third kappa shape index (κ3) is 3.75. The Labute approximate surface area is 99.6 Å². The van der Waals surface area contributed by atoms with Gasteiger partial charge in [-0.3, -0.25) is 14.3 Å². The van der Waals surface area contributed by atoms with Crippen LogP contribution >= 0.6 is 0 Å². The first-order chi connectivity index (χ1) is 8.20. The van der Waals surface area contributed by atoms with Gasteiger partial charge in [-0.25, -0.2) is 0 Å². The van der Waals surface area contributed by atoms with E-state index in [0.29, 0.717) is 5.56 Å². The van der Waals surface area contributed by atoms with E-state index in [-0.39, 0.29) is 4.90 Å². The van der Waals surface area contributed by atoms with Crippen molar-refractivity contribution in [2.75, 3.05) is 6.54 Å². The lowest BCUT2D eigenvalue weighted by molar-refractivity contribution is -0.187. The van der Waals surface area contributed by atoms with Crippen molar-refractivity contribution in [3.05, 3.63) is 18.0 Å². The van der Waals surface area contributed by atoms with E-state index in [1.807, 2.05) is 0 Å². The van der Waals surface area contributed by atoms with Crippen molar-refractivity contribution in [3.8, 4) is 0 Å². The maximum atomic E-state index is 12.3. The van der Waals surface area contributed by atoms with Gasteiger partial charge >= 0.3 is 18.1 Å². The van der Waals surface area contributed by atoms with Crippen LogP contribution in [0.2, 0.25) is 0 Å². The molecule has 0 radical (unpaired) electrons. The molecule has 1 aromatic heterocycles. The number of aryl methyl sites for hydroxylation is 1. The molecule has 6 nitrogen and oxygen atoms in total. The van der Waals surface area contributed by atoms with E-state index in [2.05, 4.69) is 5.10 Å². The Morgan fingerprint density at radius 1 is 1.50 bits per heavy atom. The minimum Gasteiger partial charge on any atom is -0.480 e. The number of halogens is 3. The maximum absolute atomic E-state index is 12.3. The van der Waals surface area contributed by atoms with Gasteiger partial charge in [-0.2, -0.15) is 18.3 Å². The summed E-state index contributed by atoms with van der Waals surface area (Å²) in [4.78, 5) is 21.7. The monoisotopic (exact) mass is 265 g/mol. The van der Waals surface area contributed by atoms with Gasteiger partial charge in [-0.1, -0.05) is 0 Å². The lowest BCUT2D eigenvalue weighted by Gasteiger charge is -2.21. The summed E-state index contributed by atoms with van der Waals surface area (Å²) in [5.41, 5.74) is 0.316. The number of carboxylic acids is 1. The molecule has 0 saturated carbocycles. The number of carbonyl (C=O) groups excluding carboxylic acids is 1. The molecule has 9 heteroatoms. The van der Waals surface area contributed by atoms with Crippen LogP contribution in [0.25, 0.3) is 0 Å². The summed E-state index contributed by atoms with van der Waals surface area (Å²) in [6.45, 7) is -1.48. The van der Waals surface area contributed by atoms with Crippen LogP contribution in [0.5, 0.6) is 0 Å². The van der Waals surface area contributed by atoms with Crippen LogP contribution in [0.15, 0.2) is 12.4 Å². The van der Waals surface area contributed by atoms with Crippen LogP contribution in [-0.2, 0) is 23.2 Å². The molecule has 0 aliphatic rings. The smallest absolute Gasteiger partial charge is 0.471 e. The van der Waals surface area contributed by atoms with E-state index in [1.165, 1.54) is 17.1 Å². The van der Waals surface area contributed by atoms with Crippen LogP contribution in [0.4, 0.5) is 13.2 Å². The molecule has 0 spiro atoms. The van der Waals surface area contributed by atoms with Crippen molar-refractivity contribution in [1.82, 2.24) is 14.7 Å². The van der Waals surface area contributed by atoms with E-state index in [4.69, 9.17) is 5.11 Å². The van der Waals surface area contributed by atoms with Gasteiger partial charge in [0, 0.05) is 25.4 Å². The molecule has 0 aliphatic carbocycles. The zero-order chi connectivity index (χ0) is 13.9. The van der Waals surface area contributed by atoms with Crippen LogP contribution < -0.4 is 0 Å². The molecular weight excluding hydrogens is 255 g/mol. The number of aromatic nitrogens is 2. The second-order valence-corrected chi connectivity index (χ2v) is 3.57. The Hall–Kier alpha value is -2.06. The summed E-state index contributed by atoms with van der Waals surface area (Å²) in [7, 11) is 1.55. The van der Waals surface area contributed by atoms with Crippen LogP contribution in [-0.4, -0.2) is 44.4 Å². The Bertz CT molecular complexity index is 455. The average Bonchev–Trinajstić information content (AvgIpc) is 2.60. The highest BCUT2D eigenvalue weighted by Gasteiger charge is 2.43. The molecule has 100 valence electrons. The number of carboxylic acid groups (broad SMARTS) is 1. The normalized spacial score (nSPS) is 11.3. The van der Waals surface area contributed by atoms with E-state index < -0.39 is 31.1 Å². The standard InChI is InChI=1S/C9H10F3N3O3/c1-14-3-6(2-13-14)4-15(5-7(16)17)8(18)9(10,11)12/h2-3H,4-5H2,1H3,(H,16,17). The van der Waals surface area contributed by atoms with E-state index in [0.717, 1.165) is 0 Å². The van der Waals surface area contributed by atoms with Crippen LogP contribution in [0.1, 0.15) is 5.56 Å². The molecule has 0 atom stereocenters. The summed E-state index contributed by atoms with van der Waals surface area (Å²) in [5, 5.41) is 12.2. The largest absolute Gasteiger partial charge is 0.480 e. The molecule has 18 heavy (non-hydrogen) atoms. The highest BCUT2D eigenvalue weighted by molar-refractivity contribution is 5.85. The first kappa shape index (κ1) is 14.0. The first-order valence-corrected chi connectivity index (χ1v) is 4.75. The molecule has 0 aromatic carbocycles. The molecule has 0 fully saturated rings. The first-order valence-electron chi connectivity index (χ1n) is 4.75. The predicted molar refractivity (Wildman–Crippen MR) is 52.3 cm³/mol. The minimum absolute atomic E-state index is 0.208. The van der Waals surface area contributed by atoms with Gasteiger partial charge in [0.15, 0.2) is 0 Å². The Kier molecular flexibility index (Phi) is 3.94. The molecule has 1 rings (SSSR count). The summed E-state index contributed by atoms with van der Waals surface area (Å²) in [6, 6.07) is 0. The number of carbonyl (C=O) groups is 2. The van der Waals surface area contributed by atoms with Gasteiger partial charge < -0.3 is 10.0 Å². The molecule has 1 heterocycles. The number of alkyl halides is 3. The highest BCUT2D eigenvalue weighted by atomic mass is 19.4. The number of amides is 1. The second-order valence-electron chi connectivity index (χ2n) is 3.57. The Morgan fingerprint density at radius 2 is 2.11 bits per heavy atom. The summed E-state index contributed by atoms with van der Waals surface area (Å²) < 4.78 is 38.1. The number of hydrogen-bond acceptors (Lipinski definition) is 3. The summed E-state index contributed by atoms with van der Waals surface area (Å²) in [5.74, 6) is -3.70. The van der Waals surface area contributed by atoms with Crippen molar-refractivity contribution in [3.63, 3.8) is 0 Å². The quantitative estimate of drug-likeness (QED) is 0.854. The summed E-state index contributed by atoms with van der Waals surface area (Å²) >= 11 is 0. The molecule has 1 aromatic rings. The molecule has 1 N–H and O–H groups in total. The minimum atomic E-state index is -5.10. The Morgan fingerprint density at radius 3 is 2.50 bits per heavy atom. The fourth-order valence-corrected chi connectivity index (χ4v) is 1.32. The zero-order valence-electron chi connectivity index (χ0n) is 9.31. The maximum Gasteiger partial charge on any atom is 0.471 e. The average molecular weight is 265 g/mol. The lowest BCUT2D eigenvalue weighted by Crippen LogP contribution is -2.43. The lowest BCUT2D eigenvalue weighted by atomic mass is 10.3. The van der Waals surface area contributed by atoms with Crippen molar-refractivity contribution in [2.24, 2.45) is 7.05 Å². The van der Waals surface area contributed by atoms with Crippen LogP contribution in [0, 0.1) is 0 Å². The number of nitrogens with zero attached hydrogens (tertiary/aromatic N) is 3. The van der Waals surface area contributed by atoms with E-state index in [1.54, 1.807) is 7.05 Å². The number of rotatable bonds is 4. The third-order valence-corrected chi connectivity index (χ3v) is 1.99. The third-order valence-electron chi connectivity index (χ3n) is 1.99. The summed E-state index contributed by atoms with van der Waals surface area (Å²) in [6.07, 6.45) is -2.44. The van der Waals surface area contributed by atoms with Gasteiger partial charge in [0.05, 0.1) is 6.20 Å². The molecule has 0 unspecified atom stereocenters. The molecule has 0 saturated heterocycles. The van der Waals surface area contributed by atoms with Crippen LogP contribution in [0.3, 0.4) is 0 Å². The van der Waals surface area contributed by atoms with Gasteiger partial charge in [0.2, 0.25) is 0 Å². The molecule has 1 amide bonds. The predicted octanol–water partition coefficient (Wildman–Crippen LogP) is 0.396. The fraction of sp³-hybridized carbons (Fsp3) is 0.444. The van der Waals surface area contributed by atoms with Crippen molar-refractivity contribution in [2.45, 2.75) is 12.7 Å². The van der Waals surface area contributed by atoms with Gasteiger partial charge in [0.25, 0.3) is 0 Å². The zero-order valence-corrected chi connectivity index (χ0v) is 9.31. The highest BCUT2D eigenvalue weighted by Crippen LogP contribution is 2.19. The van der Waals surface area contributed by atoms with Crippen molar-refractivity contribution in [1.29, 1.82) is 0 Å². The Balaban J connectivity index is 2.85. The topological polar surface area (TPSA) is 75.4 Å². The van der Waals surface area contributed by atoms with Crippen molar-refractivity contribution >= 4 is 11.9 Å². The van der Waals surface area contributed by atoms with Gasteiger partial charge in [0.1, 0.15) is 6.54 Å². The van der Waals surface area contributed by atoms with Gasteiger partial charge in [-0.15, -0.1) is 0 Å².